The minimum Gasteiger partial charge on any atom is -0.257 e. The first-order chi connectivity index (χ1) is 13.4. The van der Waals surface area contributed by atoms with Crippen LogP contribution in [0.4, 0.5) is 0 Å². The van der Waals surface area contributed by atoms with Crippen molar-refractivity contribution in [2.24, 2.45) is 0 Å². The first-order valence-electron chi connectivity index (χ1n) is 8.69. The second kappa shape index (κ2) is 6.46. The van der Waals surface area contributed by atoms with Gasteiger partial charge < -0.3 is 0 Å². The summed E-state index contributed by atoms with van der Waals surface area (Å²) in [6, 6.07) is 25.8. The van der Waals surface area contributed by atoms with Gasteiger partial charge in [-0.25, -0.2) is 4.98 Å². The molecule has 0 unspecified atom stereocenters. The lowest BCUT2D eigenvalue weighted by molar-refractivity contribution is 0.828. The Balaban J connectivity index is 1.77. The number of aromatic nitrogens is 5. The fourth-order valence-corrected chi connectivity index (χ4v) is 3.06. The van der Waals surface area contributed by atoms with Gasteiger partial charge in [-0.2, -0.15) is 0 Å². The molecule has 128 valence electrons. The molecule has 3 heterocycles. The van der Waals surface area contributed by atoms with Crippen LogP contribution >= 0.6 is 0 Å². The van der Waals surface area contributed by atoms with Gasteiger partial charge in [-0.3, -0.25) is 4.98 Å². The standard InChI is InChI=1S/C22H15N5/c1-3-9-16(10-4-1)20-19(15-18-13-7-8-14-23-18)22-24-21(26-27(22)25-20)17-11-5-2-6-12-17/h1-15H/b19-15-. The molecule has 0 N–H and O–H groups in total. The average molecular weight is 349 g/mol. The Morgan fingerprint density at radius 1 is 0.704 bits per heavy atom. The maximum absolute atomic E-state index is 4.76. The lowest BCUT2D eigenvalue weighted by Crippen LogP contribution is -2.04. The van der Waals surface area contributed by atoms with Gasteiger partial charge in [-0.05, 0) is 18.2 Å². The van der Waals surface area contributed by atoms with Gasteiger partial charge in [0.2, 0.25) is 0 Å². The fraction of sp³-hybridized carbons (Fsp3) is 0. The number of rotatable bonds is 3. The molecule has 0 bridgehead atoms. The van der Waals surface area contributed by atoms with E-state index >= 15 is 0 Å². The van der Waals surface area contributed by atoms with Crippen LogP contribution in [0, 0.1) is 0 Å². The first kappa shape index (κ1) is 15.4. The third kappa shape index (κ3) is 2.85. The summed E-state index contributed by atoms with van der Waals surface area (Å²) in [7, 11) is 0. The number of fused-ring (bicyclic) bond motifs is 1. The van der Waals surface area contributed by atoms with Gasteiger partial charge in [0.1, 0.15) is 5.69 Å². The quantitative estimate of drug-likeness (QED) is 0.501. The Hall–Kier alpha value is -3.86. The van der Waals surface area contributed by atoms with Crippen LogP contribution in [-0.4, -0.2) is 24.8 Å². The maximum atomic E-state index is 4.76. The Bertz CT molecular complexity index is 1250. The smallest absolute Gasteiger partial charge is 0.186 e. The summed E-state index contributed by atoms with van der Waals surface area (Å²) >= 11 is 0. The third-order valence-electron chi connectivity index (χ3n) is 4.34. The number of hydrogen-bond donors (Lipinski definition) is 0. The molecule has 2 aromatic carbocycles. The van der Waals surface area contributed by atoms with Crippen molar-refractivity contribution in [3.8, 4) is 22.6 Å². The van der Waals surface area contributed by atoms with Crippen molar-refractivity contribution < 1.29 is 0 Å². The topological polar surface area (TPSA) is 56.0 Å². The minimum atomic E-state index is 0.661. The number of pyridine rings is 1. The van der Waals surface area contributed by atoms with Crippen LogP contribution in [0.2, 0.25) is 0 Å². The Labute approximate surface area is 155 Å². The van der Waals surface area contributed by atoms with Gasteiger partial charge in [-0.15, -0.1) is 14.8 Å². The fourth-order valence-electron chi connectivity index (χ4n) is 3.06. The van der Waals surface area contributed by atoms with E-state index in [1.54, 1.807) is 10.8 Å². The highest BCUT2D eigenvalue weighted by Crippen LogP contribution is 2.18. The molecule has 5 aromatic rings. The molecular weight excluding hydrogens is 334 g/mol. The molecule has 0 aliphatic heterocycles. The van der Waals surface area contributed by atoms with Gasteiger partial charge in [0.25, 0.3) is 0 Å². The number of benzene rings is 2. The summed E-state index contributed by atoms with van der Waals surface area (Å²) in [4.78, 5) is 9.17. The molecule has 5 rings (SSSR count). The van der Waals surface area contributed by atoms with Gasteiger partial charge in [0, 0.05) is 17.3 Å². The monoisotopic (exact) mass is 349 g/mol. The summed E-state index contributed by atoms with van der Waals surface area (Å²) in [6.45, 7) is 0. The van der Waals surface area contributed by atoms with Crippen molar-refractivity contribution >= 4 is 11.7 Å². The molecule has 0 amide bonds. The van der Waals surface area contributed by atoms with Gasteiger partial charge in [-0.1, -0.05) is 66.7 Å². The Morgan fingerprint density at radius 2 is 1.41 bits per heavy atom. The lowest BCUT2D eigenvalue weighted by Gasteiger charge is -1.97. The van der Waals surface area contributed by atoms with Gasteiger partial charge in [0.05, 0.1) is 10.9 Å². The van der Waals surface area contributed by atoms with Crippen molar-refractivity contribution in [3.05, 3.63) is 96.0 Å². The summed E-state index contributed by atoms with van der Waals surface area (Å²) in [6.07, 6.45) is 3.79. The van der Waals surface area contributed by atoms with Crippen LogP contribution in [0.5, 0.6) is 0 Å². The van der Waals surface area contributed by atoms with Crippen LogP contribution < -0.4 is 5.22 Å². The minimum absolute atomic E-state index is 0.661. The van der Waals surface area contributed by atoms with Crippen LogP contribution in [0.3, 0.4) is 0 Å². The molecule has 0 fully saturated rings. The van der Waals surface area contributed by atoms with E-state index in [2.05, 4.69) is 10.1 Å². The largest absolute Gasteiger partial charge is 0.257 e. The molecule has 0 radical (unpaired) electrons. The van der Waals surface area contributed by atoms with Gasteiger partial charge >= 0.3 is 0 Å². The second-order valence-corrected chi connectivity index (χ2v) is 6.14. The number of nitrogens with zero attached hydrogens (tertiary/aromatic N) is 5. The molecule has 27 heavy (non-hydrogen) atoms. The summed E-state index contributed by atoms with van der Waals surface area (Å²) in [5.41, 5.74) is 4.41. The summed E-state index contributed by atoms with van der Waals surface area (Å²) in [5.74, 6) is 0.661. The van der Waals surface area contributed by atoms with E-state index in [-0.39, 0.29) is 0 Å². The van der Waals surface area contributed by atoms with Crippen LogP contribution in [0.15, 0.2) is 85.1 Å². The normalized spacial score (nSPS) is 11.9. The highest BCUT2D eigenvalue weighted by Gasteiger charge is 2.15. The lowest BCUT2D eigenvalue weighted by atomic mass is 10.1. The first-order valence-corrected chi connectivity index (χ1v) is 8.69. The predicted octanol–water partition coefficient (Wildman–Crippen LogP) is 3.40. The number of hydrogen-bond acceptors (Lipinski definition) is 4. The highest BCUT2D eigenvalue weighted by molar-refractivity contribution is 5.71. The summed E-state index contributed by atoms with van der Waals surface area (Å²) < 4.78 is 1.61. The molecule has 0 atom stereocenters. The maximum Gasteiger partial charge on any atom is 0.186 e. The van der Waals surface area contributed by atoms with Crippen molar-refractivity contribution in [1.29, 1.82) is 0 Å². The molecular formula is C22H15N5. The predicted molar refractivity (Wildman–Crippen MR) is 105 cm³/mol. The molecule has 0 aliphatic rings. The highest BCUT2D eigenvalue weighted by atomic mass is 15.5. The van der Waals surface area contributed by atoms with Crippen molar-refractivity contribution in [2.75, 3.05) is 0 Å². The molecule has 0 aliphatic carbocycles. The molecule has 0 saturated heterocycles. The summed E-state index contributed by atoms with van der Waals surface area (Å²) in [5, 5.41) is 10.2. The van der Waals surface area contributed by atoms with E-state index < -0.39 is 0 Å². The van der Waals surface area contributed by atoms with Crippen LogP contribution in [0.25, 0.3) is 34.4 Å². The molecule has 5 nitrogen and oxygen atoms in total. The SMILES string of the molecule is C(/c1ccccn1)=c1\c(-c2ccccc2)nn2nc(-c3ccccc3)nc12. The van der Waals surface area contributed by atoms with E-state index in [0.29, 0.717) is 5.82 Å². The third-order valence-corrected chi connectivity index (χ3v) is 4.34. The van der Waals surface area contributed by atoms with E-state index in [9.17, 15) is 0 Å². The Kier molecular flexibility index (Phi) is 3.68. The zero-order valence-corrected chi connectivity index (χ0v) is 14.4. The van der Waals surface area contributed by atoms with Crippen LogP contribution in [0.1, 0.15) is 5.69 Å². The average Bonchev–Trinajstić information content (AvgIpc) is 3.30. The van der Waals surface area contributed by atoms with Crippen molar-refractivity contribution in [3.63, 3.8) is 0 Å². The van der Waals surface area contributed by atoms with Crippen molar-refractivity contribution in [2.45, 2.75) is 0 Å². The molecule has 3 aromatic heterocycles. The zero-order valence-electron chi connectivity index (χ0n) is 14.4. The molecule has 0 saturated carbocycles. The van der Waals surface area contributed by atoms with Crippen LogP contribution in [-0.2, 0) is 0 Å². The van der Waals surface area contributed by atoms with E-state index in [4.69, 9.17) is 10.1 Å². The molecule has 0 spiro atoms. The van der Waals surface area contributed by atoms with E-state index in [1.165, 1.54) is 0 Å². The van der Waals surface area contributed by atoms with Crippen molar-refractivity contribution in [1.82, 2.24) is 24.8 Å². The van der Waals surface area contributed by atoms with Gasteiger partial charge in [0.15, 0.2) is 11.5 Å². The zero-order chi connectivity index (χ0) is 18.1. The van der Waals surface area contributed by atoms with E-state index in [1.807, 2.05) is 84.9 Å². The van der Waals surface area contributed by atoms with E-state index in [0.717, 1.165) is 33.4 Å². The second-order valence-electron chi connectivity index (χ2n) is 6.14. The Morgan fingerprint density at radius 3 is 2.11 bits per heavy atom. The molecule has 5 heteroatoms.